The van der Waals surface area contributed by atoms with E-state index in [1.54, 1.807) is 10.7 Å². The molecule has 0 fully saturated rings. The number of benzene rings is 1. The number of alkyl halides is 3. The van der Waals surface area contributed by atoms with E-state index in [0.717, 1.165) is 15.9 Å². The number of carbonyl (C=O) groups excluding carboxylic acids is 1. The summed E-state index contributed by atoms with van der Waals surface area (Å²) in [6.45, 7) is 3.60. The molecule has 2 rings (SSSR count). The molecule has 160 valence electrons. The van der Waals surface area contributed by atoms with Crippen molar-refractivity contribution in [2.24, 2.45) is 0 Å². The van der Waals surface area contributed by atoms with E-state index in [1.165, 1.54) is 25.1 Å². The SMILES string of the molecule is CCCS(=O)(=O)N(CC(F)(F)F)C(=O)c1cccc(Cn2nc(C)c(Br)c2C)c1. The van der Waals surface area contributed by atoms with Gasteiger partial charge in [0.1, 0.15) is 6.54 Å². The number of nitrogens with zero attached hydrogens (tertiary/aromatic N) is 3. The van der Waals surface area contributed by atoms with E-state index in [2.05, 4.69) is 21.0 Å². The number of rotatable bonds is 7. The van der Waals surface area contributed by atoms with Gasteiger partial charge in [-0.15, -0.1) is 0 Å². The molecule has 0 saturated heterocycles. The molecule has 0 N–H and O–H groups in total. The lowest BCUT2D eigenvalue weighted by Gasteiger charge is -2.23. The summed E-state index contributed by atoms with van der Waals surface area (Å²) in [4.78, 5) is 12.7. The molecule has 1 aromatic carbocycles. The lowest BCUT2D eigenvalue weighted by Crippen LogP contribution is -2.44. The fourth-order valence-corrected chi connectivity index (χ4v) is 4.50. The summed E-state index contributed by atoms with van der Waals surface area (Å²) in [5, 5.41) is 4.36. The van der Waals surface area contributed by atoms with Crippen LogP contribution in [-0.2, 0) is 16.6 Å². The van der Waals surface area contributed by atoms with E-state index in [4.69, 9.17) is 0 Å². The Morgan fingerprint density at radius 2 is 1.93 bits per heavy atom. The van der Waals surface area contributed by atoms with Gasteiger partial charge in [0.2, 0.25) is 10.0 Å². The van der Waals surface area contributed by atoms with Crippen LogP contribution in [0, 0.1) is 13.8 Å². The van der Waals surface area contributed by atoms with Crippen LogP contribution in [0.15, 0.2) is 28.7 Å². The minimum absolute atomic E-state index is 0.0878. The molecule has 1 heterocycles. The lowest BCUT2D eigenvalue weighted by molar-refractivity contribution is -0.132. The Bertz CT molecular complexity index is 1000. The van der Waals surface area contributed by atoms with Crippen LogP contribution in [0.5, 0.6) is 0 Å². The topological polar surface area (TPSA) is 72.3 Å². The Kier molecular flexibility index (Phi) is 7.15. The summed E-state index contributed by atoms with van der Waals surface area (Å²) in [6, 6.07) is 5.88. The smallest absolute Gasteiger partial charge is 0.268 e. The zero-order valence-corrected chi connectivity index (χ0v) is 18.5. The number of hydrogen-bond acceptors (Lipinski definition) is 4. The summed E-state index contributed by atoms with van der Waals surface area (Å²) in [6.07, 6.45) is -4.75. The fraction of sp³-hybridized carbons (Fsp3) is 0.444. The van der Waals surface area contributed by atoms with Gasteiger partial charge in [0.15, 0.2) is 0 Å². The molecule has 0 unspecified atom stereocenters. The van der Waals surface area contributed by atoms with Crippen LogP contribution in [0.25, 0.3) is 0 Å². The van der Waals surface area contributed by atoms with Crippen molar-refractivity contribution in [1.29, 1.82) is 0 Å². The lowest BCUT2D eigenvalue weighted by atomic mass is 10.1. The maximum Gasteiger partial charge on any atom is 0.407 e. The van der Waals surface area contributed by atoms with Gasteiger partial charge in [-0.1, -0.05) is 19.1 Å². The highest BCUT2D eigenvalue weighted by molar-refractivity contribution is 9.10. The second kappa shape index (κ2) is 8.86. The fourth-order valence-electron chi connectivity index (χ4n) is 2.78. The van der Waals surface area contributed by atoms with E-state index in [1.807, 2.05) is 13.8 Å². The van der Waals surface area contributed by atoms with Crippen LogP contribution in [-0.4, -0.2) is 46.9 Å². The van der Waals surface area contributed by atoms with Crippen LogP contribution in [0.3, 0.4) is 0 Å². The minimum Gasteiger partial charge on any atom is -0.268 e. The first-order valence-corrected chi connectivity index (χ1v) is 11.2. The monoisotopic (exact) mass is 495 g/mol. The molecule has 1 aromatic heterocycles. The highest BCUT2D eigenvalue weighted by Crippen LogP contribution is 2.23. The van der Waals surface area contributed by atoms with Crippen LogP contribution >= 0.6 is 15.9 Å². The summed E-state index contributed by atoms with van der Waals surface area (Å²) in [7, 11) is -4.39. The van der Waals surface area contributed by atoms with Crippen molar-refractivity contribution in [3.05, 3.63) is 51.3 Å². The third-order valence-corrected chi connectivity index (χ3v) is 7.19. The quantitative estimate of drug-likeness (QED) is 0.580. The van der Waals surface area contributed by atoms with Crippen molar-refractivity contribution in [2.45, 2.75) is 39.9 Å². The third kappa shape index (κ3) is 5.81. The van der Waals surface area contributed by atoms with E-state index >= 15 is 0 Å². The van der Waals surface area contributed by atoms with Gasteiger partial charge in [-0.25, -0.2) is 12.7 Å². The molecule has 1 amide bonds. The average molecular weight is 496 g/mol. The normalized spacial score (nSPS) is 12.2. The number of aryl methyl sites for hydroxylation is 1. The number of halogens is 4. The average Bonchev–Trinajstić information content (AvgIpc) is 2.85. The molecule has 0 aliphatic rings. The Labute approximate surface area is 175 Å². The maximum atomic E-state index is 12.9. The minimum atomic E-state index is -4.84. The maximum absolute atomic E-state index is 12.9. The highest BCUT2D eigenvalue weighted by atomic mass is 79.9. The number of amides is 1. The zero-order chi connectivity index (χ0) is 22.0. The van der Waals surface area contributed by atoms with Gasteiger partial charge >= 0.3 is 6.18 Å². The zero-order valence-electron chi connectivity index (χ0n) is 16.1. The first kappa shape index (κ1) is 23.4. The Balaban J connectivity index is 2.37. The van der Waals surface area contributed by atoms with Gasteiger partial charge < -0.3 is 0 Å². The van der Waals surface area contributed by atoms with Crippen LogP contribution in [0.2, 0.25) is 0 Å². The van der Waals surface area contributed by atoms with Crippen molar-refractivity contribution in [3.63, 3.8) is 0 Å². The van der Waals surface area contributed by atoms with E-state index in [0.29, 0.717) is 5.56 Å². The van der Waals surface area contributed by atoms with Gasteiger partial charge in [-0.05, 0) is 53.9 Å². The van der Waals surface area contributed by atoms with Gasteiger partial charge in [-0.2, -0.15) is 18.3 Å². The summed E-state index contributed by atoms with van der Waals surface area (Å²) in [5.74, 6) is -1.75. The van der Waals surface area contributed by atoms with E-state index in [-0.39, 0.29) is 22.8 Å². The second-order valence-electron chi connectivity index (χ2n) is 6.59. The molecule has 0 bridgehead atoms. The van der Waals surface area contributed by atoms with Crippen molar-refractivity contribution in [1.82, 2.24) is 14.1 Å². The predicted molar refractivity (Wildman–Crippen MR) is 106 cm³/mol. The summed E-state index contributed by atoms with van der Waals surface area (Å²) in [5.41, 5.74) is 2.10. The molecule has 0 radical (unpaired) electrons. The van der Waals surface area contributed by atoms with Crippen LogP contribution < -0.4 is 0 Å². The number of aromatic nitrogens is 2. The summed E-state index contributed by atoms with van der Waals surface area (Å²) >= 11 is 3.42. The first-order valence-electron chi connectivity index (χ1n) is 8.75. The largest absolute Gasteiger partial charge is 0.407 e. The molecule has 0 aliphatic heterocycles. The predicted octanol–water partition coefficient (Wildman–Crippen LogP) is 4.06. The molecular weight excluding hydrogens is 475 g/mol. The van der Waals surface area contributed by atoms with E-state index in [9.17, 15) is 26.4 Å². The van der Waals surface area contributed by atoms with Gasteiger partial charge in [0.25, 0.3) is 5.91 Å². The van der Waals surface area contributed by atoms with Crippen LogP contribution in [0.4, 0.5) is 13.2 Å². The van der Waals surface area contributed by atoms with E-state index < -0.39 is 34.4 Å². The molecule has 0 atom stereocenters. The molecule has 6 nitrogen and oxygen atoms in total. The number of carbonyl (C=O) groups is 1. The Morgan fingerprint density at radius 3 is 2.45 bits per heavy atom. The molecule has 2 aromatic rings. The molecule has 29 heavy (non-hydrogen) atoms. The molecule has 0 aliphatic carbocycles. The summed E-state index contributed by atoms with van der Waals surface area (Å²) < 4.78 is 65.8. The third-order valence-electron chi connectivity index (χ3n) is 4.15. The molecule has 0 spiro atoms. The van der Waals surface area contributed by atoms with Gasteiger partial charge in [0, 0.05) is 5.56 Å². The molecule has 0 saturated carbocycles. The second-order valence-corrected chi connectivity index (χ2v) is 9.39. The Hall–Kier alpha value is -1.88. The number of sulfonamides is 1. The standard InChI is InChI=1S/C18H21BrF3N3O3S/c1-4-8-29(27,28)25(11-18(20,21)22)17(26)15-7-5-6-14(9-15)10-24-13(3)16(19)12(2)23-24/h5-7,9H,4,8,10-11H2,1-3H3. The Morgan fingerprint density at radius 1 is 1.28 bits per heavy atom. The number of hydrogen-bond donors (Lipinski definition) is 0. The first-order chi connectivity index (χ1) is 13.4. The van der Waals surface area contributed by atoms with Gasteiger partial charge in [0.05, 0.1) is 28.2 Å². The molecule has 11 heteroatoms. The van der Waals surface area contributed by atoms with Crippen molar-refractivity contribution in [3.8, 4) is 0 Å². The van der Waals surface area contributed by atoms with Gasteiger partial charge in [-0.3, -0.25) is 9.48 Å². The highest BCUT2D eigenvalue weighted by Gasteiger charge is 2.39. The van der Waals surface area contributed by atoms with Crippen molar-refractivity contribution in [2.75, 3.05) is 12.3 Å². The molecular formula is C18H21BrF3N3O3S. The van der Waals surface area contributed by atoms with Crippen molar-refractivity contribution < 1.29 is 26.4 Å². The van der Waals surface area contributed by atoms with Crippen LogP contribution in [0.1, 0.15) is 40.7 Å². The van der Waals surface area contributed by atoms with Crippen molar-refractivity contribution >= 4 is 31.9 Å².